The number of benzene rings is 2. The van der Waals surface area contributed by atoms with Crippen molar-refractivity contribution in [1.29, 1.82) is 0 Å². The van der Waals surface area contributed by atoms with E-state index in [2.05, 4.69) is 42.3 Å². The minimum Gasteiger partial charge on any atom is -0.371 e. The number of nitrogens with zero attached hydrogens (tertiary/aromatic N) is 5. The van der Waals surface area contributed by atoms with E-state index in [0.717, 1.165) is 39.4 Å². The smallest absolute Gasteiger partial charge is 0.291 e. The average Bonchev–Trinajstić information content (AvgIpc) is 3.52. The number of carbonyl (C=O) groups excluding carboxylic acids is 2. The molecule has 0 bridgehead atoms. The van der Waals surface area contributed by atoms with Crippen molar-refractivity contribution >= 4 is 50.9 Å². The van der Waals surface area contributed by atoms with Crippen molar-refractivity contribution in [2.24, 2.45) is 0 Å². The Balaban J connectivity index is 1.29. The molecule has 2 aliphatic rings. The molecule has 10 heteroatoms. The van der Waals surface area contributed by atoms with Gasteiger partial charge in [0.2, 0.25) is 11.7 Å². The van der Waals surface area contributed by atoms with Gasteiger partial charge in [0.25, 0.3) is 5.91 Å². The van der Waals surface area contributed by atoms with Gasteiger partial charge in [0.15, 0.2) is 0 Å². The van der Waals surface area contributed by atoms with Crippen molar-refractivity contribution in [2.75, 3.05) is 35.7 Å². The molecule has 0 unspecified atom stereocenters. The summed E-state index contributed by atoms with van der Waals surface area (Å²) in [4.78, 5) is 35.2. The molecule has 1 N–H and O–H groups in total. The molecule has 176 valence electrons. The lowest BCUT2D eigenvalue weighted by atomic mass is 10.2. The second-order valence-electron chi connectivity index (χ2n) is 8.45. The third-order valence-electron chi connectivity index (χ3n) is 6.10. The highest BCUT2D eigenvalue weighted by molar-refractivity contribution is 9.10. The SMILES string of the molecule is CN1C(=O)[C@@H](NC(=O)c2ncn(Cc3ccccc3)n2)CSc2cc(N3CCCC3)c(Br)cc21. The first-order valence-corrected chi connectivity index (χ1v) is 13.0. The fourth-order valence-electron chi connectivity index (χ4n) is 4.28. The van der Waals surface area contributed by atoms with E-state index in [1.165, 1.54) is 19.2 Å². The van der Waals surface area contributed by atoms with Crippen LogP contribution in [0, 0.1) is 0 Å². The van der Waals surface area contributed by atoms with Crippen molar-refractivity contribution < 1.29 is 9.59 Å². The molecule has 3 heterocycles. The number of aromatic nitrogens is 3. The summed E-state index contributed by atoms with van der Waals surface area (Å²) in [5.41, 5.74) is 3.06. The van der Waals surface area contributed by atoms with E-state index < -0.39 is 11.9 Å². The second kappa shape index (κ2) is 9.79. The van der Waals surface area contributed by atoms with Crippen LogP contribution in [0.4, 0.5) is 11.4 Å². The maximum absolute atomic E-state index is 13.2. The Kier molecular flexibility index (Phi) is 6.60. The monoisotopic (exact) mass is 540 g/mol. The molecule has 2 amide bonds. The van der Waals surface area contributed by atoms with Crippen molar-refractivity contribution in [1.82, 2.24) is 20.1 Å². The number of thioether (sulfide) groups is 1. The third kappa shape index (κ3) is 4.69. The van der Waals surface area contributed by atoms with Gasteiger partial charge in [0, 0.05) is 35.3 Å². The van der Waals surface area contributed by atoms with Crippen molar-refractivity contribution in [3.63, 3.8) is 0 Å². The first kappa shape index (κ1) is 22.9. The number of halogens is 1. The largest absolute Gasteiger partial charge is 0.371 e. The average molecular weight is 541 g/mol. The van der Waals surface area contributed by atoms with Gasteiger partial charge in [-0.1, -0.05) is 30.3 Å². The Bertz CT molecular complexity index is 1210. The number of fused-ring (bicyclic) bond motifs is 1. The number of nitrogens with one attached hydrogen (secondary N) is 1. The lowest BCUT2D eigenvalue weighted by molar-refractivity contribution is -0.119. The quantitative estimate of drug-likeness (QED) is 0.532. The Morgan fingerprint density at radius 3 is 2.71 bits per heavy atom. The third-order valence-corrected chi connectivity index (χ3v) is 7.88. The van der Waals surface area contributed by atoms with Crippen LogP contribution in [-0.4, -0.2) is 58.5 Å². The highest BCUT2D eigenvalue weighted by atomic mass is 79.9. The van der Waals surface area contributed by atoms with Crippen LogP contribution in [0.2, 0.25) is 0 Å². The molecule has 3 aromatic rings. The zero-order chi connectivity index (χ0) is 23.7. The van der Waals surface area contributed by atoms with E-state index in [0.29, 0.717) is 12.3 Å². The first-order valence-electron chi connectivity index (χ1n) is 11.2. The van der Waals surface area contributed by atoms with E-state index in [9.17, 15) is 9.59 Å². The summed E-state index contributed by atoms with van der Waals surface area (Å²) in [5, 5.41) is 7.14. The van der Waals surface area contributed by atoms with E-state index in [1.54, 1.807) is 28.4 Å². The van der Waals surface area contributed by atoms with Crippen molar-refractivity contribution in [3.05, 3.63) is 64.7 Å². The minimum atomic E-state index is -0.676. The van der Waals surface area contributed by atoms with E-state index >= 15 is 0 Å². The predicted octanol–water partition coefficient (Wildman–Crippen LogP) is 3.56. The van der Waals surface area contributed by atoms with Gasteiger partial charge in [-0.05, 0) is 46.5 Å². The van der Waals surface area contributed by atoms with Gasteiger partial charge in [-0.2, -0.15) is 0 Å². The van der Waals surface area contributed by atoms with Crippen molar-refractivity contribution in [3.8, 4) is 0 Å². The van der Waals surface area contributed by atoms with Gasteiger partial charge in [-0.15, -0.1) is 16.9 Å². The Morgan fingerprint density at radius 2 is 1.94 bits per heavy atom. The number of hydrogen-bond donors (Lipinski definition) is 1. The standard InChI is InChI=1S/C24H25BrN6O2S/c1-29-20-11-17(25)19(30-9-5-6-10-30)12-21(20)34-14-18(24(29)33)27-23(32)22-26-15-31(28-22)13-16-7-3-2-4-8-16/h2-4,7-8,11-12,15,18H,5-6,9-10,13-14H2,1H3,(H,27,32)/t18-/m0/s1. The summed E-state index contributed by atoms with van der Waals surface area (Å²) >= 11 is 5.27. The molecule has 1 fully saturated rings. The maximum atomic E-state index is 13.2. The summed E-state index contributed by atoms with van der Waals surface area (Å²) in [7, 11) is 1.75. The zero-order valence-corrected chi connectivity index (χ0v) is 21.2. The van der Waals surface area contributed by atoms with Gasteiger partial charge < -0.3 is 15.1 Å². The lowest BCUT2D eigenvalue weighted by Crippen LogP contribution is -2.48. The molecular formula is C24H25BrN6O2S. The summed E-state index contributed by atoms with van der Waals surface area (Å²) < 4.78 is 2.59. The number of carbonyl (C=O) groups is 2. The maximum Gasteiger partial charge on any atom is 0.291 e. The summed E-state index contributed by atoms with van der Waals surface area (Å²) in [6.07, 6.45) is 3.92. The van der Waals surface area contributed by atoms with Gasteiger partial charge in [0.05, 0.1) is 17.9 Å². The van der Waals surface area contributed by atoms with E-state index in [1.807, 2.05) is 36.4 Å². The van der Waals surface area contributed by atoms with Crippen LogP contribution in [0.3, 0.4) is 0 Å². The van der Waals surface area contributed by atoms with E-state index in [-0.39, 0.29) is 11.7 Å². The molecular weight excluding hydrogens is 516 g/mol. The highest BCUT2D eigenvalue weighted by Gasteiger charge is 2.32. The number of likely N-dealkylation sites (N-methyl/N-ethyl adjacent to an activating group) is 1. The fraction of sp³-hybridized carbons (Fsp3) is 0.333. The molecule has 0 saturated carbocycles. The number of rotatable bonds is 5. The molecule has 1 aromatic heterocycles. The summed E-state index contributed by atoms with van der Waals surface area (Å²) in [5.74, 6) is -0.126. The van der Waals surface area contributed by atoms with Crippen LogP contribution in [0.15, 0.2) is 58.2 Å². The van der Waals surface area contributed by atoms with Crippen LogP contribution in [-0.2, 0) is 11.3 Å². The first-order chi connectivity index (χ1) is 16.5. The topological polar surface area (TPSA) is 83.4 Å². The Hall–Kier alpha value is -2.85. The number of hydrogen-bond acceptors (Lipinski definition) is 6. The van der Waals surface area contributed by atoms with Gasteiger partial charge in [0.1, 0.15) is 12.4 Å². The van der Waals surface area contributed by atoms with E-state index in [4.69, 9.17) is 0 Å². The highest BCUT2D eigenvalue weighted by Crippen LogP contribution is 2.41. The van der Waals surface area contributed by atoms with Crippen LogP contribution in [0.1, 0.15) is 29.0 Å². The van der Waals surface area contributed by atoms with Crippen LogP contribution in [0.5, 0.6) is 0 Å². The normalized spacial score (nSPS) is 18.1. The molecule has 8 nitrogen and oxygen atoms in total. The van der Waals surface area contributed by atoms with Gasteiger partial charge in [-0.25, -0.2) is 9.67 Å². The molecule has 1 saturated heterocycles. The van der Waals surface area contributed by atoms with Gasteiger partial charge >= 0.3 is 0 Å². The fourth-order valence-corrected chi connectivity index (χ4v) is 5.97. The molecule has 0 aliphatic carbocycles. The molecule has 1 atom stereocenters. The van der Waals surface area contributed by atoms with Crippen LogP contribution in [0.25, 0.3) is 0 Å². The zero-order valence-electron chi connectivity index (χ0n) is 18.8. The Morgan fingerprint density at radius 1 is 1.18 bits per heavy atom. The molecule has 34 heavy (non-hydrogen) atoms. The molecule has 2 aromatic carbocycles. The summed E-state index contributed by atoms with van der Waals surface area (Å²) in [6.45, 7) is 2.60. The lowest BCUT2D eigenvalue weighted by Gasteiger charge is -2.24. The summed E-state index contributed by atoms with van der Waals surface area (Å²) in [6, 6.07) is 13.3. The molecule has 5 rings (SSSR count). The van der Waals surface area contributed by atoms with Crippen molar-refractivity contribution in [2.45, 2.75) is 30.3 Å². The Labute approximate surface area is 210 Å². The van der Waals surface area contributed by atoms with Crippen LogP contribution >= 0.6 is 27.7 Å². The second-order valence-corrected chi connectivity index (χ2v) is 10.4. The predicted molar refractivity (Wildman–Crippen MR) is 137 cm³/mol. The van der Waals surface area contributed by atoms with Gasteiger partial charge in [-0.3, -0.25) is 9.59 Å². The number of amides is 2. The minimum absolute atomic E-state index is 0.0530. The molecule has 2 aliphatic heterocycles. The molecule has 0 radical (unpaired) electrons. The van der Waals surface area contributed by atoms with Crippen LogP contribution < -0.4 is 15.1 Å². The molecule has 0 spiro atoms. The number of anilines is 2.